The predicted molar refractivity (Wildman–Crippen MR) is 68.0 cm³/mol. The van der Waals surface area contributed by atoms with Crippen LogP contribution in [0, 0.1) is 0 Å². The Labute approximate surface area is 98.0 Å². The Kier molecular flexibility index (Phi) is 3.12. The molecule has 0 saturated heterocycles. The van der Waals surface area contributed by atoms with E-state index < -0.39 is 0 Å². The van der Waals surface area contributed by atoms with Crippen LogP contribution in [-0.2, 0) is 6.42 Å². The molecule has 0 spiro atoms. The third kappa shape index (κ3) is 2.61. The zero-order valence-corrected chi connectivity index (χ0v) is 10.3. The van der Waals surface area contributed by atoms with E-state index in [9.17, 15) is 0 Å². The van der Waals surface area contributed by atoms with Crippen LogP contribution in [-0.4, -0.2) is 11.0 Å². The lowest BCUT2D eigenvalue weighted by molar-refractivity contribution is 0.660. The number of aromatic nitrogens is 1. The SMILES string of the molecule is C[C@@H](N)CCc1cc2cc(Br)ccc2[nH]1. The second-order valence-electron chi connectivity index (χ2n) is 4.04. The van der Waals surface area contributed by atoms with Gasteiger partial charge in [0.05, 0.1) is 0 Å². The van der Waals surface area contributed by atoms with E-state index >= 15 is 0 Å². The highest BCUT2D eigenvalue weighted by Crippen LogP contribution is 2.21. The molecule has 0 aliphatic carbocycles. The van der Waals surface area contributed by atoms with E-state index in [2.05, 4.69) is 39.1 Å². The minimum atomic E-state index is 0.267. The number of rotatable bonds is 3. The lowest BCUT2D eigenvalue weighted by atomic mass is 10.1. The van der Waals surface area contributed by atoms with Gasteiger partial charge in [0.2, 0.25) is 0 Å². The fraction of sp³-hybridized carbons (Fsp3) is 0.333. The first-order chi connectivity index (χ1) is 7.15. The van der Waals surface area contributed by atoms with Crippen molar-refractivity contribution in [3.63, 3.8) is 0 Å². The average Bonchev–Trinajstić information content (AvgIpc) is 2.56. The monoisotopic (exact) mass is 266 g/mol. The highest BCUT2D eigenvalue weighted by atomic mass is 79.9. The third-order valence-electron chi connectivity index (χ3n) is 2.51. The van der Waals surface area contributed by atoms with Crippen molar-refractivity contribution in [2.45, 2.75) is 25.8 Å². The summed E-state index contributed by atoms with van der Waals surface area (Å²) in [6.45, 7) is 2.04. The number of halogens is 1. The number of nitrogens with two attached hydrogens (primary N) is 1. The molecule has 0 fully saturated rings. The second-order valence-corrected chi connectivity index (χ2v) is 4.96. The normalized spacial score (nSPS) is 13.3. The molecule has 0 bridgehead atoms. The highest BCUT2D eigenvalue weighted by molar-refractivity contribution is 9.10. The van der Waals surface area contributed by atoms with Gasteiger partial charge < -0.3 is 10.7 Å². The molecule has 0 radical (unpaired) electrons. The molecule has 3 N–H and O–H groups in total. The van der Waals surface area contributed by atoms with E-state index in [1.54, 1.807) is 0 Å². The molecule has 1 aromatic carbocycles. The van der Waals surface area contributed by atoms with Crippen LogP contribution in [0.4, 0.5) is 0 Å². The summed E-state index contributed by atoms with van der Waals surface area (Å²) >= 11 is 3.47. The first kappa shape index (κ1) is 10.7. The van der Waals surface area contributed by atoms with Gasteiger partial charge in [0, 0.05) is 27.1 Å². The number of aromatic amines is 1. The van der Waals surface area contributed by atoms with Crippen LogP contribution in [0.2, 0.25) is 0 Å². The Hall–Kier alpha value is -0.800. The number of nitrogens with one attached hydrogen (secondary N) is 1. The maximum atomic E-state index is 5.74. The van der Waals surface area contributed by atoms with Gasteiger partial charge in [-0.15, -0.1) is 0 Å². The van der Waals surface area contributed by atoms with Crippen molar-refractivity contribution in [2.24, 2.45) is 5.73 Å². The zero-order chi connectivity index (χ0) is 10.8. The summed E-state index contributed by atoms with van der Waals surface area (Å²) in [6.07, 6.45) is 2.04. The smallest absolute Gasteiger partial charge is 0.0456 e. The summed E-state index contributed by atoms with van der Waals surface area (Å²) in [5.74, 6) is 0. The summed E-state index contributed by atoms with van der Waals surface area (Å²) in [5.41, 5.74) is 8.19. The van der Waals surface area contributed by atoms with Crippen molar-refractivity contribution in [1.29, 1.82) is 0 Å². The fourth-order valence-corrected chi connectivity index (χ4v) is 2.06. The van der Waals surface area contributed by atoms with Gasteiger partial charge in [-0.25, -0.2) is 0 Å². The Morgan fingerprint density at radius 2 is 2.20 bits per heavy atom. The van der Waals surface area contributed by atoms with Crippen LogP contribution >= 0.6 is 15.9 Å². The summed E-state index contributed by atoms with van der Waals surface area (Å²) < 4.78 is 1.12. The van der Waals surface area contributed by atoms with Gasteiger partial charge in [-0.05, 0) is 44.0 Å². The number of aryl methyl sites for hydroxylation is 1. The first-order valence-corrected chi connectivity index (χ1v) is 5.97. The van der Waals surface area contributed by atoms with Gasteiger partial charge in [0.1, 0.15) is 0 Å². The molecule has 80 valence electrons. The first-order valence-electron chi connectivity index (χ1n) is 5.18. The van der Waals surface area contributed by atoms with Gasteiger partial charge in [-0.2, -0.15) is 0 Å². The quantitative estimate of drug-likeness (QED) is 0.880. The molecule has 0 unspecified atom stereocenters. The molecule has 0 aliphatic heterocycles. The van der Waals surface area contributed by atoms with Gasteiger partial charge in [0.25, 0.3) is 0 Å². The second kappa shape index (κ2) is 4.37. The van der Waals surface area contributed by atoms with Crippen molar-refractivity contribution < 1.29 is 0 Å². The van der Waals surface area contributed by atoms with Crippen LogP contribution in [0.15, 0.2) is 28.7 Å². The number of hydrogen-bond donors (Lipinski definition) is 2. The molecule has 0 amide bonds. The van der Waals surface area contributed by atoms with Crippen molar-refractivity contribution >= 4 is 26.8 Å². The van der Waals surface area contributed by atoms with Gasteiger partial charge in [0.15, 0.2) is 0 Å². The maximum absolute atomic E-state index is 5.74. The molecule has 15 heavy (non-hydrogen) atoms. The molecule has 0 saturated carbocycles. The summed E-state index contributed by atoms with van der Waals surface area (Å²) in [7, 11) is 0. The zero-order valence-electron chi connectivity index (χ0n) is 8.76. The Balaban J connectivity index is 2.23. The van der Waals surface area contributed by atoms with E-state index in [0.717, 1.165) is 17.3 Å². The maximum Gasteiger partial charge on any atom is 0.0456 e. The topological polar surface area (TPSA) is 41.8 Å². The van der Waals surface area contributed by atoms with Crippen molar-refractivity contribution in [3.05, 3.63) is 34.4 Å². The number of H-pyrrole nitrogens is 1. The minimum Gasteiger partial charge on any atom is -0.358 e. The van der Waals surface area contributed by atoms with Crippen molar-refractivity contribution in [2.75, 3.05) is 0 Å². The van der Waals surface area contributed by atoms with Crippen LogP contribution in [0.3, 0.4) is 0 Å². The average molecular weight is 267 g/mol. The standard InChI is InChI=1S/C12H15BrN2/c1-8(14)2-4-11-7-9-6-10(13)3-5-12(9)15-11/h3,5-8,15H,2,4,14H2,1H3/t8-/m1/s1. The van der Waals surface area contributed by atoms with E-state index in [-0.39, 0.29) is 6.04 Å². The summed E-state index contributed by atoms with van der Waals surface area (Å²) in [5, 5.41) is 1.25. The fourth-order valence-electron chi connectivity index (χ4n) is 1.68. The molecule has 2 aromatic rings. The molecular weight excluding hydrogens is 252 g/mol. The molecule has 1 heterocycles. The predicted octanol–water partition coefficient (Wildman–Crippen LogP) is 3.21. The molecule has 2 nitrogen and oxygen atoms in total. The minimum absolute atomic E-state index is 0.267. The number of hydrogen-bond acceptors (Lipinski definition) is 1. The van der Waals surface area contributed by atoms with Crippen LogP contribution in [0.1, 0.15) is 19.0 Å². The van der Waals surface area contributed by atoms with Gasteiger partial charge >= 0.3 is 0 Å². The lowest BCUT2D eigenvalue weighted by Crippen LogP contribution is -2.15. The molecule has 3 heteroatoms. The Bertz CT molecular complexity index is 460. The molecule has 1 atom stereocenters. The molecule has 2 rings (SSSR count). The molecule has 0 aliphatic rings. The van der Waals surface area contributed by atoms with Gasteiger partial charge in [-0.1, -0.05) is 15.9 Å². The van der Waals surface area contributed by atoms with E-state index in [1.807, 2.05) is 13.0 Å². The Morgan fingerprint density at radius 1 is 1.40 bits per heavy atom. The van der Waals surface area contributed by atoms with E-state index in [1.165, 1.54) is 16.6 Å². The molecular formula is C12H15BrN2. The van der Waals surface area contributed by atoms with Crippen LogP contribution < -0.4 is 5.73 Å². The number of benzene rings is 1. The lowest BCUT2D eigenvalue weighted by Gasteiger charge is -2.01. The van der Waals surface area contributed by atoms with Gasteiger partial charge in [-0.3, -0.25) is 0 Å². The largest absolute Gasteiger partial charge is 0.358 e. The van der Waals surface area contributed by atoms with E-state index in [4.69, 9.17) is 5.73 Å². The highest BCUT2D eigenvalue weighted by Gasteiger charge is 2.02. The van der Waals surface area contributed by atoms with Crippen LogP contribution in [0.5, 0.6) is 0 Å². The van der Waals surface area contributed by atoms with Crippen LogP contribution in [0.25, 0.3) is 10.9 Å². The summed E-state index contributed by atoms with van der Waals surface area (Å²) in [6, 6.07) is 8.73. The molecule has 1 aromatic heterocycles. The van der Waals surface area contributed by atoms with E-state index in [0.29, 0.717) is 0 Å². The van der Waals surface area contributed by atoms with Crippen molar-refractivity contribution in [1.82, 2.24) is 4.98 Å². The third-order valence-corrected chi connectivity index (χ3v) is 3.00. The summed E-state index contributed by atoms with van der Waals surface area (Å²) in [4.78, 5) is 3.40. The van der Waals surface area contributed by atoms with Crippen molar-refractivity contribution in [3.8, 4) is 0 Å². The Morgan fingerprint density at radius 3 is 2.93 bits per heavy atom. The number of fused-ring (bicyclic) bond motifs is 1.